The highest BCUT2D eigenvalue weighted by atomic mass is 16.2. The zero-order valence-corrected chi connectivity index (χ0v) is 15.8. The van der Waals surface area contributed by atoms with Crippen LogP contribution in [-0.4, -0.2) is 27.7 Å². The largest absolute Gasteiger partial charge is 0.349 e. The second-order valence-electron chi connectivity index (χ2n) is 6.69. The molecule has 2 amide bonds. The van der Waals surface area contributed by atoms with E-state index < -0.39 is 0 Å². The Morgan fingerprint density at radius 2 is 1.81 bits per heavy atom. The fourth-order valence-electron chi connectivity index (χ4n) is 2.98. The van der Waals surface area contributed by atoms with Gasteiger partial charge in [0.25, 0.3) is 11.8 Å². The van der Waals surface area contributed by atoms with Gasteiger partial charge in [0, 0.05) is 18.4 Å². The first-order valence-corrected chi connectivity index (χ1v) is 9.18. The Morgan fingerprint density at radius 3 is 2.56 bits per heavy atom. The molecular formula is C21H24N4O2. The number of aromatic nitrogens is 2. The summed E-state index contributed by atoms with van der Waals surface area (Å²) in [6.07, 6.45) is 2.57. The number of anilines is 1. The van der Waals surface area contributed by atoms with E-state index >= 15 is 0 Å². The van der Waals surface area contributed by atoms with Gasteiger partial charge < -0.3 is 10.6 Å². The van der Waals surface area contributed by atoms with E-state index in [1.807, 2.05) is 37.3 Å². The van der Waals surface area contributed by atoms with E-state index in [1.54, 1.807) is 22.7 Å². The summed E-state index contributed by atoms with van der Waals surface area (Å²) >= 11 is 0. The average Bonchev–Trinajstić information content (AvgIpc) is 3.06. The monoisotopic (exact) mass is 364 g/mol. The lowest BCUT2D eigenvalue weighted by atomic mass is 10.0. The number of pyridine rings is 1. The van der Waals surface area contributed by atoms with E-state index in [9.17, 15) is 9.59 Å². The number of benzene rings is 1. The minimum Gasteiger partial charge on any atom is -0.349 e. The molecule has 2 N–H and O–H groups in total. The first-order chi connectivity index (χ1) is 13.0. The standard InChI is InChI=1S/C21H24N4O2/c1-4-12-22-21(27)19-24-18(17-11-7-8-13-25(17)19)20(26)23-16-10-6-5-9-15(16)14(2)3/h5-11,13-14H,4,12H2,1-3H3,(H,22,27)(H,23,26). The average molecular weight is 364 g/mol. The van der Waals surface area contributed by atoms with Gasteiger partial charge in [-0.25, -0.2) is 4.98 Å². The molecule has 0 saturated heterocycles. The zero-order chi connectivity index (χ0) is 19.4. The number of carbonyl (C=O) groups is 2. The fourth-order valence-corrected chi connectivity index (χ4v) is 2.98. The molecule has 140 valence electrons. The summed E-state index contributed by atoms with van der Waals surface area (Å²) in [6.45, 7) is 6.69. The molecule has 0 atom stereocenters. The molecule has 0 bridgehead atoms. The van der Waals surface area contributed by atoms with Crippen LogP contribution in [0.3, 0.4) is 0 Å². The summed E-state index contributed by atoms with van der Waals surface area (Å²) in [7, 11) is 0. The maximum Gasteiger partial charge on any atom is 0.287 e. The lowest BCUT2D eigenvalue weighted by Crippen LogP contribution is -2.26. The second-order valence-corrected chi connectivity index (χ2v) is 6.69. The number of amides is 2. The molecule has 1 aromatic carbocycles. The van der Waals surface area contributed by atoms with Gasteiger partial charge in [-0.05, 0) is 36.1 Å². The van der Waals surface area contributed by atoms with Gasteiger partial charge in [-0.2, -0.15) is 0 Å². The van der Waals surface area contributed by atoms with E-state index in [2.05, 4.69) is 29.5 Å². The Labute approximate surface area is 158 Å². The van der Waals surface area contributed by atoms with Crippen molar-refractivity contribution in [1.82, 2.24) is 14.7 Å². The first kappa shape index (κ1) is 18.6. The van der Waals surface area contributed by atoms with Crippen molar-refractivity contribution in [2.24, 2.45) is 0 Å². The van der Waals surface area contributed by atoms with Crippen molar-refractivity contribution in [1.29, 1.82) is 0 Å². The molecule has 0 saturated carbocycles. The summed E-state index contributed by atoms with van der Waals surface area (Å²) in [4.78, 5) is 29.7. The third-order valence-corrected chi connectivity index (χ3v) is 4.33. The predicted molar refractivity (Wildman–Crippen MR) is 106 cm³/mol. The smallest absolute Gasteiger partial charge is 0.287 e. The molecular weight excluding hydrogens is 340 g/mol. The van der Waals surface area contributed by atoms with Crippen LogP contribution in [0, 0.1) is 0 Å². The van der Waals surface area contributed by atoms with Crippen molar-refractivity contribution in [3.05, 3.63) is 65.7 Å². The zero-order valence-electron chi connectivity index (χ0n) is 15.8. The minimum absolute atomic E-state index is 0.210. The van der Waals surface area contributed by atoms with E-state index in [-0.39, 0.29) is 29.3 Å². The number of fused-ring (bicyclic) bond motifs is 1. The Kier molecular flexibility index (Phi) is 5.54. The number of hydrogen-bond donors (Lipinski definition) is 2. The van der Waals surface area contributed by atoms with Crippen molar-refractivity contribution < 1.29 is 9.59 Å². The number of imidazole rings is 1. The Bertz CT molecular complexity index is 975. The van der Waals surface area contributed by atoms with Gasteiger partial charge in [0.2, 0.25) is 5.82 Å². The van der Waals surface area contributed by atoms with Crippen molar-refractivity contribution in [3.8, 4) is 0 Å². The number of rotatable bonds is 6. The van der Waals surface area contributed by atoms with Crippen LogP contribution >= 0.6 is 0 Å². The Hall–Kier alpha value is -3.15. The molecule has 0 aliphatic carbocycles. The summed E-state index contributed by atoms with van der Waals surface area (Å²) in [5.74, 6) is -0.141. The topological polar surface area (TPSA) is 75.5 Å². The van der Waals surface area contributed by atoms with Crippen molar-refractivity contribution in [3.63, 3.8) is 0 Å². The van der Waals surface area contributed by atoms with E-state index in [0.29, 0.717) is 12.1 Å². The molecule has 0 fully saturated rings. The van der Waals surface area contributed by atoms with Crippen LogP contribution in [0.1, 0.15) is 59.8 Å². The molecule has 2 aromatic heterocycles. The Morgan fingerprint density at radius 1 is 1.07 bits per heavy atom. The maximum absolute atomic E-state index is 12.9. The molecule has 6 nitrogen and oxygen atoms in total. The van der Waals surface area contributed by atoms with Gasteiger partial charge in [0.05, 0.1) is 5.52 Å². The molecule has 0 aliphatic rings. The highest BCUT2D eigenvalue weighted by Gasteiger charge is 2.22. The van der Waals surface area contributed by atoms with E-state index in [0.717, 1.165) is 17.7 Å². The normalized spacial score (nSPS) is 11.0. The minimum atomic E-state index is -0.332. The number of para-hydroxylation sites is 1. The Balaban J connectivity index is 1.97. The third kappa shape index (κ3) is 3.84. The molecule has 3 aromatic rings. The van der Waals surface area contributed by atoms with Crippen LogP contribution in [0.5, 0.6) is 0 Å². The molecule has 6 heteroatoms. The lowest BCUT2D eigenvalue weighted by Gasteiger charge is -2.13. The van der Waals surface area contributed by atoms with Gasteiger partial charge in [-0.15, -0.1) is 0 Å². The van der Waals surface area contributed by atoms with Gasteiger partial charge in [0.1, 0.15) is 0 Å². The van der Waals surface area contributed by atoms with E-state index in [4.69, 9.17) is 0 Å². The molecule has 0 radical (unpaired) electrons. The molecule has 27 heavy (non-hydrogen) atoms. The van der Waals surface area contributed by atoms with Crippen molar-refractivity contribution in [2.45, 2.75) is 33.1 Å². The molecule has 3 rings (SSSR count). The first-order valence-electron chi connectivity index (χ1n) is 9.18. The number of carbonyl (C=O) groups excluding carboxylic acids is 2. The van der Waals surface area contributed by atoms with Crippen LogP contribution < -0.4 is 10.6 Å². The maximum atomic E-state index is 12.9. The summed E-state index contributed by atoms with van der Waals surface area (Å²) < 4.78 is 1.65. The molecule has 0 unspecified atom stereocenters. The highest BCUT2D eigenvalue weighted by molar-refractivity contribution is 6.09. The van der Waals surface area contributed by atoms with Crippen molar-refractivity contribution >= 4 is 23.0 Å². The number of hydrogen-bond acceptors (Lipinski definition) is 3. The quantitative estimate of drug-likeness (QED) is 0.697. The van der Waals surface area contributed by atoms with Crippen LogP contribution in [0.2, 0.25) is 0 Å². The number of nitrogens with one attached hydrogen (secondary N) is 2. The van der Waals surface area contributed by atoms with Gasteiger partial charge in [-0.1, -0.05) is 45.0 Å². The van der Waals surface area contributed by atoms with Gasteiger partial charge in [-0.3, -0.25) is 14.0 Å². The number of nitrogens with zero attached hydrogens (tertiary/aromatic N) is 2. The van der Waals surface area contributed by atoms with Crippen LogP contribution in [0.25, 0.3) is 5.52 Å². The summed E-state index contributed by atoms with van der Waals surface area (Å²) in [6, 6.07) is 13.1. The lowest BCUT2D eigenvalue weighted by molar-refractivity contribution is 0.0942. The molecule has 2 heterocycles. The second kappa shape index (κ2) is 8.03. The van der Waals surface area contributed by atoms with Crippen molar-refractivity contribution in [2.75, 3.05) is 11.9 Å². The predicted octanol–water partition coefficient (Wildman–Crippen LogP) is 3.85. The summed E-state index contributed by atoms with van der Waals surface area (Å²) in [5, 5.41) is 5.76. The van der Waals surface area contributed by atoms with Gasteiger partial charge >= 0.3 is 0 Å². The fraction of sp³-hybridized carbons (Fsp3) is 0.286. The SMILES string of the molecule is CCCNC(=O)c1nc(C(=O)Nc2ccccc2C(C)C)c2ccccn12. The van der Waals surface area contributed by atoms with Gasteiger partial charge in [0.15, 0.2) is 5.69 Å². The van der Waals surface area contributed by atoms with Crippen LogP contribution in [-0.2, 0) is 0 Å². The third-order valence-electron chi connectivity index (χ3n) is 4.33. The molecule has 0 spiro atoms. The van der Waals surface area contributed by atoms with Crippen LogP contribution in [0.4, 0.5) is 5.69 Å². The molecule has 0 aliphatic heterocycles. The van der Waals surface area contributed by atoms with E-state index in [1.165, 1.54) is 0 Å². The summed E-state index contributed by atoms with van der Waals surface area (Å²) in [5.41, 5.74) is 2.64. The van der Waals surface area contributed by atoms with Crippen LogP contribution in [0.15, 0.2) is 48.7 Å². The highest BCUT2D eigenvalue weighted by Crippen LogP contribution is 2.24.